The summed E-state index contributed by atoms with van der Waals surface area (Å²) in [6.45, 7) is 3.43. The summed E-state index contributed by atoms with van der Waals surface area (Å²) in [6, 6.07) is 29.4. The summed E-state index contributed by atoms with van der Waals surface area (Å²) in [4.78, 5) is 3.29. The second kappa shape index (κ2) is 14.1. The molecule has 6 aromatic rings. The van der Waals surface area contributed by atoms with E-state index in [2.05, 4.69) is 65.0 Å². The molecular weight excluding hydrogens is 531 g/mol. The lowest BCUT2D eigenvalue weighted by atomic mass is 10.1. The predicted molar refractivity (Wildman–Crippen MR) is 177 cm³/mol. The number of fused-ring (bicyclic) bond motifs is 6. The minimum atomic E-state index is 0.736. The van der Waals surface area contributed by atoms with Crippen molar-refractivity contribution in [1.29, 1.82) is 0 Å². The number of rotatable bonds is 11. The van der Waals surface area contributed by atoms with Crippen LogP contribution in [0.3, 0.4) is 0 Å². The number of H-pyrrole nitrogens is 1. The highest BCUT2D eigenvalue weighted by Crippen LogP contribution is 2.30. The van der Waals surface area contributed by atoms with Gasteiger partial charge in [-0.2, -0.15) is 0 Å². The van der Waals surface area contributed by atoms with Gasteiger partial charge in [0.1, 0.15) is 0 Å². The molecule has 0 atom stereocenters. The molecule has 0 saturated carbocycles. The van der Waals surface area contributed by atoms with E-state index in [1.807, 2.05) is 36.4 Å². The second-order valence-corrected chi connectivity index (χ2v) is 11.7. The van der Waals surface area contributed by atoms with Crippen molar-refractivity contribution in [3.63, 3.8) is 0 Å². The number of para-hydroxylation sites is 2. The van der Waals surface area contributed by atoms with Gasteiger partial charge in [-0.3, -0.25) is 0 Å². The highest BCUT2D eigenvalue weighted by Gasteiger charge is 2.09. The third-order valence-electron chi connectivity index (χ3n) is 7.94. The number of hydrogen-bond acceptors (Lipinski definition) is 0. The van der Waals surface area contributed by atoms with E-state index in [1.165, 1.54) is 96.8 Å². The van der Waals surface area contributed by atoms with Gasteiger partial charge in [0.15, 0.2) is 0 Å². The van der Waals surface area contributed by atoms with Crippen LogP contribution in [0.2, 0.25) is 10.0 Å². The summed E-state index contributed by atoms with van der Waals surface area (Å²) in [5.41, 5.74) is 4.86. The Bertz CT molecular complexity index is 1570. The van der Waals surface area contributed by atoms with Crippen LogP contribution < -0.4 is 0 Å². The Balaban J connectivity index is 0.000000182. The van der Waals surface area contributed by atoms with Crippen LogP contribution in [0.4, 0.5) is 0 Å². The molecule has 2 aromatic heterocycles. The molecule has 0 bridgehead atoms. The Morgan fingerprint density at radius 2 is 0.975 bits per heavy atom. The largest absolute Gasteiger partial charge is 0.354 e. The molecule has 0 aliphatic heterocycles. The lowest BCUT2D eigenvalue weighted by Gasteiger charge is -2.07. The predicted octanol–water partition coefficient (Wildman–Crippen LogP) is 12.3. The third kappa shape index (κ3) is 6.85. The molecule has 40 heavy (non-hydrogen) atoms. The van der Waals surface area contributed by atoms with Gasteiger partial charge in [-0.15, -0.1) is 0 Å². The van der Waals surface area contributed by atoms with Crippen molar-refractivity contribution in [1.82, 2.24) is 9.55 Å². The molecule has 1 N–H and O–H groups in total. The number of aromatic amines is 1. The van der Waals surface area contributed by atoms with Gasteiger partial charge in [-0.25, -0.2) is 0 Å². The van der Waals surface area contributed by atoms with E-state index in [0.717, 1.165) is 27.6 Å². The van der Waals surface area contributed by atoms with E-state index < -0.39 is 0 Å². The smallest absolute Gasteiger partial charge is 0.0491 e. The first kappa shape index (κ1) is 28.6. The van der Waals surface area contributed by atoms with Crippen molar-refractivity contribution in [2.24, 2.45) is 0 Å². The molecule has 0 saturated heterocycles. The SMILES string of the molecule is CCCCCCCCCCCCn1c2ccccc2c2ccccc21.Clc1ccc2c(c1)[nH]c1cc(Cl)ccc12. The Morgan fingerprint density at radius 3 is 1.48 bits per heavy atom. The summed E-state index contributed by atoms with van der Waals surface area (Å²) >= 11 is 11.9. The first-order valence-electron chi connectivity index (χ1n) is 15.0. The van der Waals surface area contributed by atoms with Crippen LogP contribution in [0.15, 0.2) is 84.9 Å². The first-order valence-corrected chi connectivity index (χ1v) is 15.7. The molecule has 0 spiro atoms. The fourth-order valence-corrected chi connectivity index (χ4v) is 6.20. The normalized spacial score (nSPS) is 11.5. The molecule has 0 fully saturated rings. The van der Waals surface area contributed by atoms with Gasteiger partial charge in [0.25, 0.3) is 0 Å². The number of hydrogen-bond donors (Lipinski definition) is 1. The highest BCUT2D eigenvalue weighted by atomic mass is 35.5. The average molecular weight is 572 g/mol. The maximum Gasteiger partial charge on any atom is 0.0491 e. The Labute approximate surface area is 248 Å². The minimum absolute atomic E-state index is 0.736. The molecule has 4 heteroatoms. The van der Waals surface area contributed by atoms with Gasteiger partial charge in [-0.05, 0) is 42.8 Å². The molecule has 0 aliphatic carbocycles. The van der Waals surface area contributed by atoms with E-state index in [4.69, 9.17) is 23.2 Å². The lowest BCUT2D eigenvalue weighted by molar-refractivity contribution is 0.541. The van der Waals surface area contributed by atoms with E-state index in [9.17, 15) is 0 Å². The van der Waals surface area contributed by atoms with Gasteiger partial charge in [0, 0.05) is 60.2 Å². The van der Waals surface area contributed by atoms with Crippen LogP contribution in [0.25, 0.3) is 43.6 Å². The zero-order valence-corrected chi connectivity index (χ0v) is 25.1. The quantitative estimate of drug-likeness (QED) is 0.149. The van der Waals surface area contributed by atoms with Crippen molar-refractivity contribution in [3.8, 4) is 0 Å². The van der Waals surface area contributed by atoms with Gasteiger partial charge < -0.3 is 9.55 Å². The number of unbranched alkanes of at least 4 members (excludes halogenated alkanes) is 9. The Morgan fingerprint density at radius 1 is 0.525 bits per heavy atom. The van der Waals surface area contributed by atoms with Crippen LogP contribution in [0.5, 0.6) is 0 Å². The van der Waals surface area contributed by atoms with E-state index in [1.54, 1.807) is 0 Å². The first-order chi connectivity index (χ1) is 19.7. The van der Waals surface area contributed by atoms with E-state index >= 15 is 0 Å². The second-order valence-electron chi connectivity index (χ2n) is 10.9. The summed E-state index contributed by atoms with van der Waals surface area (Å²) in [6.07, 6.45) is 14.0. The van der Waals surface area contributed by atoms with Crippen LogP contribution in [-0.2, 0) is 6.54 Å². The fourth-order valence-electron chi connectivity index (χ4n) is 5.86. The molecule has 6 rings (SSSR count). The average Bonchev–Trinajstić information content (AvgIpc) is 3.48. The van der Waals surface area contributed by atoms with Gasteiger partial charge in [0.2, 0.25) is 0 Å². The topological polar surface area (TPSA) is 20.7 Å². The van der Waals surface area contributed by atoms with Gasteiger partial charge >= 0.3 is 0 Å². The maximum atomic E-state index is 5.93. The van der Waals surface area contributed by atoms with Crippen LogP contribution in [0, 0.1) is 0 Å². The Kier molecular flexibility index (Phi) is 10.1. The minimum Gasteiger partial charge on any atom is -0.354 e. The van der Waals surface area contributed by atoms with E-state index in [0.29, 0.717) is 0 Å². The van der Waals surface area contributed by atoms with Gasteiger partial charge in [0.05, 0.1) is 0 Å². The molecular formula is C36H40Cl2N2. The number of nitrogens with zero attached hydrogens (tertiary/aromatic N) is 1. The molecule has 0 amide bonds. The number of aryl methyl sites for hydroxylation is 1. The third-order valence-corrected chi connectivity index (χ3v) is 8.41. The summed E-state index contributed by atoms with van der Waals surface area (Å²) in [5.74, 6) is 0. The summed E-state index contributed by atoms with van der Waals surface area (Å²) < 4.78 is 2.52. The monoisotopic (exact) mass is 570 g/mol. The fraction of sp³-hybridized carbons (Fsp3) is 0.333. The standard InChI is InChI=1S/C24H33N.C12H7Cl2N/c1-2-3-4-5-6-7-8-9-10-15-20-25-23-18-13-11-16-21(23)22-17-12-14-19-24(22)25;13-7-1-3-9-10-4-2-8(14)6-12(10)15-11(9)5-7/h11-14,16-19H,2-10,15,20H2,1H3;1-6,15H. The van der Waals surface area contributed by atoms with Crippen LogP contribution >= 0.6 is 23.2 Å². The maximum absolute atomic E-state index is 5.93. The lowest BCUT2D eigenvalue weighted by Crippen LogP contribution is -1.97. The van der Waals surface area contributed by atoms with Crippen molar-refractivity contribution in [2.45, 2.75) is 77.7 Å². The number of aromatic nitrogens is 2. The number of halogens is 2. The van der Waals surface area contributed by atoms with Crippen molar-refractivity contribution >= 4 is 66.8 Å². The van der Waals surface area contributed by atoms with Crippen molar-refractivity contribution in [2.75, 3.05) is 0 Å². The van der Waals surface area contributed by atoms with Crippen LogP contribution in [0.1, 0.15) is 71.1 Å². The number of nitrogens with one attached hydrogen (secondary N) is 1. The summed E-state index contributed by atoms with van der Waals surface area (Å²) in [5, 5.41) is 6.60. The molecule has 0 unspecified atom stereocenters. The molecule has 0 aliphatic rings. The molecule has 2 nitrogen and oxygen atoms in total. The van der Waals surface area contributed by atoms with Crippen molar-refractivity contribution < 1.29 is 0 Å². The zero-order valence-electron chi connectivity index (χ0n) is 23.6. The van der Waals surface area contributed by atoms with E-state index in [-0.39, 0.29) is 0 Å². The van der Waals surface area contributed by atoms with Crippen molar-refractivity contribution in [3.05, 3.63) is 95.0 Å². The number of benzene rings is 4. The molecule has 0 radical (unpaired) electrons. The highest BCUT2D eigenvalue weighted by molar-refractivity contribution is 6.32. The zero-order chi connectivity index (χ0) is 27.7. The van der Waals surface area contributed by atoms with Crippen LogP contribution in [-0.4, -0.2) is 9.55 Å². The van der Waals surface area contributed by atoms with Gasteiger partial charge in [-0.1, -0.05) is 136 Å². The molecule has 208 valence electrons. The summed E-state index contributed by atoms with van der Waals surface area (Å²) in [7, 11) is 0. The molecule has 4 aromatic carbocycles. The molecule has 2 heterocycles. The Hall–Kier alpha value is -2.94.